The highest BCUT2D eigenvalue weighted by Crippen LogP contribution is 2.22. The van der Waals surface area contributed by atoms with E-state index in [2.05, 4.69) is 13.8 Å². The first kappa shape index (κ1) is 16.8. The van der Waals surface area contributed by atoms with Gasteiger partial charge in [0.25, 0.3) is 0 Å². The van der Waals surface area contributed by atoms with Crippen LogP contribution in [-0.4, -0.2) is 53.6 Å². The average Bonchev–Trinajstić information content (AvgIpc) is 2.42. The molecule has 0 aromatic carbocycles. The van der Waals surface area contributed by atoms with Crippen LogP contribution >= 0.6 is 0 Å². The van der Waals surface area contributed by atoms with Gasteiger partial charge in [-0.1, -0.05) is 13.8 Å². The van der Waals surface area contributed by atoms with Crippen molar-refractivity contribution in [3.63, 3.8) is 0 Å². The van der Waals surface area contributed by atoms with E-state index in [4.69, 9.17) is 5.11 Å². The molecule has 1 fully saturated rings. The first-order valence-corrected chi connectivity index (χ1v) is 7.62. The van der Waals surface area contributed by atoms with Gasteiger partial charge in [0.15, 0.2) is 0 Å². The lowest BCUT2D eigenvalue weighted by molar-refractivity contribution is -0.137. The monoisotopic (exact) mass is 284 g/mol. The van der Waals surface area contributed by atoms with Crippen LogP contribution in [0.15, 0.2) is 0 Å². The van der Waals surface area contributed by atoms with Gasteiger partial charge in [0, 0.05) is 33.1 Å². The lowest BCUT2D eigenvalue weighted by atomic mass is 9.92. The van der Waals surface area contributed by atoms with E-state index in [-0.39, 0.29) is 12.5 Å². The molecule has 0 bridgehead atoms. The topological polar surface area (TPSA) is 60.9 Å². The van der Waals surface area contributed by atoms with Gasteiger partial charge in [-0.25, -0.2) is 4.79 Å². The zero-order chi connectivity index (χ0) is 15.1. The number of carboxylic acid groups (broad SMARTS) is 1. The van der Waals surface area contributed by atoms with E-state index in [1.807, 2.05) is 11.9 Å². The second-order valence-corrected chi connectivity index (χ2v) is 6.25. The van der Waals surface area contributed by atoms with Crippen molar-refractivity contribution in [2.24, 2.45) is 11.8 Å². The Morgan fingerprint density at radius 2 is 1.90 bits per heavy atom. The molecule has 0 aromatic heterocycles. The Balaban J connectivity index is 2.29. The minimum Gasteiger partial charge on any atom is -0.481 e. The molecule has 0 atom stereocenters. The van der Waals surface area contributed by atoms with E-state index >= 15 is 0 Å². The number of rotatable bonds is 6. The van der Waals surface area contributed by atoms with Crippen molar-refractivity contribution in [1.29, 1.82) is 0 Å². The van der Waals surface area contributed by atoms with Crippen molar-refractivity contribution >= 4 is 12.0 Å². The van der Waals surface area contributed by atoms with Gasteiger partial charge in [0.1, 0.15) is 0 Å². The van der Waals surface area contributed by atoms with Gasteiger partial charge in [0.05, 0.1) is 0 Å². The summed E-state index contributed by atoms with van der Waals surface area (Å²) in [6.07, 6.45) is 3.86. The molecular weight excluding hydrogens is 256 g/mol. The number of hydrogen-bond donors (Lipinski definition) is 1. The molecule has 0 unspecified atom stereocenters. The summed E-state index contributed by atoms with van der Waals surface area (Å²) >= 11 is 0. The quantitative estimate of drug-likeness (QED) is 0.815. The van der Waals surface area contributed by atoms with Crippen LogP contribution < -0.4 is 0 Å². The van der Waals surface area contributed by atoms with Crippen LogP contribution in [0.3, 0.4) is 0 Å². The van der Waals surface area contributed by atoms with Crippen molar-refractivity contribution < 1.29 is 14.7 Å². The minimum atomic E-state index is -0.725. The summed E-state index contributed by atoms with van der Waals surface area (Å²) in [5.41, 5.74) is 0. The zero-order valence-corrected chi connectivity index (χ0v) is 13.0. The van der Waals surface area contributed by atoms with Crippen molar-refractivity contribution in [3.8, 4) is 0 Å². The molecule has 0 aromatic rings. The Bertz CT molecular complexity index is 323. The molecule has 1 aliphatic rings. The second kappa shape index (κ2) is 8.12. The predicted octanol–water partition coefficient (Wildman–Crippen LogP) is 2.66. The second-order valence-electron chi connectivity index (χ2n) is 6.25. The average molecular weight is 284 g/mol. The summed E-state index contributed by atoms with van der Waals surface area (Å²) in [4.78, 5) is 26.5. The molecule has 1 heterocycles. The SMILES string of the molecule is CC(C)CCN(C)C(=O)N1CCC(CCC(=O)O)CC1. The van der Waals surface area contributed by atoms with Crippen LogP contribution in [0.1, 0.15) is 46.0 Å². The maximum atomic E-state index is 12.2. The third kappa shape index (κ3) is 5.80. The summed E-state index contributed by atoms with van der Waals surface area (Å²) in [6.45, 7) is 6.64. The summed E-state index contributed by atoms with van der Waals surface area (Å²) in [7, 11) is 1.86. The molecule has 1 N–H and O–H groups in total. The molecule has 20 heavy (non-hydrogen) atoms. The summed E-state index contributed by atoms with van der Waals surface area (Å²) in [5.74, 6) is 0.333. The Labute approximate surface area is 121 Å². The van der Waals surface area contributed by atoms with Gasteiger partial charge in [0.2, 0.25) is 0 Å². The molecule has 116 valence electrons. The van der Waals surface area contributed by atoms with E-state index in [1.54, 1.807) is 4.90 Å². The van der Waals surface area contributed by atoms with Crippen LogP contribution in [0, 0.1) is 11.8 Å². The highest BCUT2D eigenvalue weighted by molar-refractivity contribution is 5.74. The molecule has 0 radical (unpaired) electrons. The van der Waals surface area contributed by atoms with E-state index in [9.17, 15) is 9.59 Å². The molecule has 1 aliphatic heterocycles. The van der Waals surface area contributed by atoms with Gasteiger partial charge < -0.3 is 14.9 Å². The zero-order valence-electron chi connectivity index (χ0n) is 13.0. The van der Waals surface area contributed by atoms with Gasteiger partial charge in [-0.3, -0.25) is 4.79 Å². The van der Waals surface area contributed by atoms with Crippen molar-refractivity contribution in [3.05, 3.63) is 0 Å². The fourth-order valence-corrected chi connectivity index (χ4v) is 2.53. The number of carbonyl (C=O) groups is 2. The fourth-order valence-electron chi connectivity index (χ4n) is 2.53. The molecule has 0 aliphatic carbocycles. The number of piperidine rings is 1. The molecule has 0 saturated carbocycles. The normalized spacial score (nSPS) is 16.5. The number of hydrogen-bond acceptors (Lipinski definition) is 2. The maximum Gasteiger partial charge on any atom is 0.319 e. The number of likely N-dealkylation sites (tertiary alicyclic amines) is 1. The predicted molar refractivity (Wildman–Crippen MR) is 78.6 cm³/mol. The van der Waals surface area contributed by atoms with Crippen molar-refractivity contribution in [2.75, 3.05) is 26.7 Å². The van der Waals surface area contributed by atoms with E-state index in [1.165, 1.54) is 0 Å². The number of urea groups is 1. The maximum absolute atomic E-state index is 12.2. The van der Waals surface area contributed by atoms with Gasteiger partial charge >= 0.3 is 12.0 Å². The number of amides is 2. The Morgan fingerprint density at radius 1 is 1.30 bits per heavy atom. The third-order valence-corrected chi connectivity index (χ3v) is 4.02. The Kier molecular flexibility index (Phi) is 6.82. The summed E-state index contributed by atoms with van der Waals surface area (Å²) in [6, 6.07) is 0.113. The van der Waals surface area contributed by atoms with Gasteiger partial charge in [-0.2, -0.15) is 0 Å². The molecule has 0 spiro atoms. The highest BCUT2D eigenvalue weighted by Gasteiger charge is 2.24. The standard InChI is InChI=1S/C15H28N2O3/c1-12(2)6-9-16(3)15(20)17-10-7-13(8-11-17)4-5-14(18)19/h12-13H,4-11H2,1-3H3,(H,18,19). The molecule has 5 heteroatoms. The molecular formula is C15H28N2O3. The summed E-state index contributed by atoms with van der Waals surface area (Å²) < 4.78 is 0. The van der Waals surface area contributed by atoms with E-state index < -0.39 is 5.97 Å². The van der Waals surface area contributed by atoms with E-state index in [0.29, 0.717) is 11.8 Å². The largest absolute Gasteiger partial charge is 0.481 e. The first-order valence-electron chi connectivity index (χ1n) is 7.62. The number of carboxylic acids is 1. The van der Waals surface area contributed by atoms with Crippen LogP contribution in [0.5, 0.6) is 0 Å². The van der Waals surface area contributed by atoms with Crippen molar-refractivity contribution in [1.82, 2.24) is 9.80 Å². The third-order valence-electron chi connectivity index (χ3n) is 4.02. The van der Waals surface area contributed by atoms with Gasteiger partial charge in [-0.05, 0) is 37.5 Å². The smallest absolute Gasteiger partial charge is 0.319 e. The van der Waals surface area contributed by atoms with Crippen LogP contribution in [0.2, 0.25) is 0 Å². The summed E-state index contributed by atoms with van der Waals surface area (Å²) in [5, 5.41) is 8.69. The Hall–Kier alpha value is -1.26. The lowest BCUT2D eigenvalue weighted by Gasteiger charge is -2.34. The minimum absolute atomic E-state index is 0.113. The number of carbonyl (C=O) groups excluding carboxylic acids is 1. The number of aliphatic carboxylic acids is 1. The molecule has 1 saturated heterocycles. The molecule has 2 amide bonds. The lowest BCUT2D eigenvalue weighted by Crippen LogP contribution is -2.45. The van der Waals surface area contributed by atoms with Gasteiger partial charge in [-0.15, -0.1) is 0 Å². The molecule has 5 nitrogen and oxygen atoms in total. The van der Waals surface area contributed by atoms with Crippen molar-refractivity contribution in [2.45, 2.75) is 46.0 Å². The molecule has 1 rings (SSSR count). The van der Waals surface area contributed by atoms with Crippen LogP contribution in [0.4, 0.5) is 4.79 Å². The fraction of sp³-hybridized carbons (Fsp3) is 0.867. The Morgan fingerprint density at radius 3 is 2.40 bits per heavy atom. The van der Waals surface area contributed by atoms with Crippen LogP contribution in [-0.2, 0) is 4.79 Å². The van der Waals surface area contributed by atoms with E-state index in [0.717, 1.165) is 45.3 Å². The number of nitrogens with zero attached hydrogens (tertiary/aromatic N) is 2. The van der Waals surface area contributed by atoms with Crippen LogP contribution in [0.25, 0.3) is 0 Å². The first-order chi connectivity index (χ1) is 9.40. The highest BCUT2D eigenvalue weighted by atomic mass is 16.4.